The van der Waals surface area contributed by atoms with Crippen LogP contribution in [0.4, 0.5) is 0 Å². The SMILES string of the molecule is O=S(=O)(NCCC1CCOC1)c1cnn(CCO)c1. The number of aliphatic hydroxyl groups excluding tert-OH is 1. The van der Waals surface area contributed by atoms with Crippen LogP contribution in [0.25, 0.3) is 0 Å². The fourth-order valence-corrected chi connectivity index (χ4v) is 3.00. The van der Waals surface area contributed by atoms with E-state index in [0.29, 0.717) is 12.5 Å². The number of aromatic nitrogens is 2. The molecule has 1 aliphatic heterocycles. The summed E-state index contributed by atoms with van der Waals surface area (Å²) in [6.45, 7) is 2.11. The van der Waals surface area contributed by atoms with Crippen LogP contribution in [-0.4, -0.2) is 49.7 Å². The molecule has 2 rings (SSSR count). The lowest BCUT2D eigenvalue weighted by Gasteiger charge is -2.08. The summed E-state index contributed by atoms with van der Waals surface area (Å²) in [5.74, 6) is 0.444. The van der Waals surface area contributed by atoms with Crippen LogP contribution in [0.5, 0.6) is 0 Å². The Morgan fingerprint density at radius 3 is 3.11 bits per heavy atom. The summed E-state index contributed by atoms with van der Waals surface area (Å²) in [5, 5.41) is 12.6. The van der Waals surface area contributed by atoms with Crippen molar-refractivity contribution in [2.75, 3.05) is 26.4 Å². The zero-order valence-corrected chi connectivity index (χ0v) is 11.5. The Morgan fingerprint density at radius 2 is 2.42 bits per heavy atom. The standard InChI is InChI=1S/C11H19N3O4S/c15-5-4-14-8-11(7-12-14)19(16,17)13-3-1-10-2-6-18-9-10/h7-8,10,13,15H,1-6,9H2. The van der Waals surface area contributed by atoms with Crippen molar-refractivity contribution < 1.29 is 18.3 Å². The smallest absolute Gasteiger partial charge is 0.243 e. The minimum absolute atomic E-state index is 0.0731. The van der Waals surface area contributed by atoms with Gasteiger partial charge in [-0.3, -0.25) is 4.68 Å². The van der Waals surface area contributed by atoms with Crippen LogP contribution in [0.15, 0.2) is 17.3 Å². The van der Waals surface area contributed by atoms with E-state index in [4.69, 9.17) is 9.84 Å². The van der Waals surface area contributed by atoms with E-state index in [1.165, 1.54) is 17.1 Å². The second-order valence-corrected chi connectivity index (χ2v) is 6.35. The summed E-state index contributed by atoms with van der Waals surface area (Å²) in [5.41, 5.74) is 0. The van der Waals surface area contributed by atoms with Crippen molar-refractivity contribution in [1.29, 1.82) is 0 Å². The predicted octanol–water partition coefficient (Wildman–Crippen LogP) is -0.420. The van der Waals surface area contributed by atoms with E-state index in [1.807, 2.05) is 0 Å². The molecule has 1 atom stereocenters. The molecule has 1 fully saturated rings. The summed E-state index contributed by atoms with van der Waals surface area (Å²) >= 11 is 0. The molecule has 108 valence electrons. The molecule has 1 aromatic rings. The third-order valence-electron chi connectivity index (χ3n) is 3.12. The van der Waals surface area contributed by atoms with E-state index >= 15 is 0 Å². The summed E-state index contributed by atoms with van der Waals surface area (Å²) in [6.07, 6.45) is 4.48. The summed E-state index contributed by atoms with van der Waals surface area (Å²) in [4.78, 5) is 0.128. The van der Waals surface area contributed by atoms with Crippen molar-refractivity contribution in [3.05, 3.63) is 12.4 Å². The number of sulfonamides is 1. The average molecular weight is 289 g/mol. The van der Waals surface area contributed by atoms with Crippen molar-refractivity contribution in [3.63, 3.8) is 0 Å². The first-order valence-corrected chi connectivity index (χ1v) is 7.81. The molecule has 2 N–H and O–H groups in total. The topological polar surface area (TPSA) is 93.5 Å². The van der Waals surface area contributed by atoms with E-state index in [2.05, 4.69) is 9.82 Å². The Balaban J connectivity index is 1.85. The van der Waals surface area contributed by atoms with Gasteiger partial charge in [0, 0.05) is 26.0 Å². The first kappa shape index (κ1) is 14.4. The van der Waals surface area contributed by atoms with Crippen molar-refractivity contribution in [3.8, 4) is 0 Å². The molecule has 1 aliphatic rings. The molecule has 0 saturated carbocycles. The van der Waals surface area contributed by atoms with Gasteiger partial charge in [-0.2, -0.15) is 5.10 Å². The highest BCUT2D eigenvalue weighted by atomic mass is 32.2. The van der Waals surface area contributed by atoms with Crippen molar-refractivity contribution in [2.45, 2.75) is 24.3 Å². The highest BCUT2D eigenvalue weighted by Crippen LogP contribution is 2.16. The molecule has 0 radical (unpaired) electrons. The third kappa shape index (κ3) is 4.00. The van der Waals surface area contributed by atoms with Crippen molar-refractivity contribution in [1.82, 2.24) is 14.5 Å². The molecule has 0 aromatic carbocycles. The second kappa shape index (κ2) is 6.47. The molecule has 2 heterocycles. The van der Waals surface area contributed by atoms with E-state index in [9.17, 15) is 8.42 Å². The zero-order valence-electron chi connectivity index (χ0n) is 10.7. The summed E-state index contributed by atoms with van der Waals surface area (Å²) in [6, 6.07) is 0. The molecule has 0 amide bonds. The van der Waals surface area contributed by atoms with Crippen LogP contribution in [0.1, 0.15) is 12.8 Å². The van der Waals surface area contributed by atoms with Gasteiger partial charge in [-0.25, -0.2) is 13.1 Å². The van der Waals surface area contributed by atoms with Gasteiger partial charge in [0.1, 0.15) is 4.90 Å². The monoisotopic (exact) mass is 289 g/mol. The van der Waals surface area contributed by atoms with Crippen LogP contribution in [-0.2, 0) is 21.3 Å². The molecular formula is C11H19N3O4S. The number of nitrogens with one attached hydrogen (secondary N) is 1. The minimum Gasteiger partial charge on any atom is -0.394 e. The maximum atomic E-state index is 12.0. The molecule has 0 bridgehead atoms. The molecular weight excluding hydrogens is 270 g/mol. The first-order valence-electron chi connectivity index (χ1n) is 6.32. The summed E-state index contributed by atoms with van der Waals surface area (Å²) < 4.78 is 33.1. The van der Waals surface area contributed by atoms with E-state index in [-0.39, 0.29) is 18.0 Å². The van der Waals surface area contributed by atoms with Gasteiger partial charge < -0.3 is 9.84 Å². The number of ether oxygens (including phenoxy) is 1. The molecule has 1 saturated heterocycles. The minimum atomic E-state index is -3.51. The lowest BCUT2D eigenvalue weighted by atomic mass is 10.1. The van der Waals surface area contributed by atoms with Gasteiger partial charge >= 0.3 is 0 Å². The number of rotatable bonds is 7. The number of nitrogens with zero attached hydrogens (tertiary/aromatic N) is 2. The Labute approximate surface area is 112 Å². The maximum absolute atomic E-state index is 12.0. The van der Waals surface area contributed by atoms with Crippen LogP contribution >= 0.6 is 0 Å². The molecule has 1 unspecified atom stereocenters. The van der Waals surface area contributed by atoms with E-state index < -0.39 is 10.0 Å². The van der Waals surface area contributed by atoms with Crippen LogP contribution in [0.3, 0.4) is 0 Å². The largest absolute Gasteiger partial charge is 0.394 e. The predicted molar refractivity (Wildman–Crippen MR) is 68.0 cm³/mol. The number of aliphatic hydroxyl groups is 1. The average Bonchev–Trinajstić information content (AvgIpc) is 3.00. The Hall–Kier alpha value is -0.960. The van der Waals surface area contributed by atoms with E-state index in [0.717, 1.165) is 26.1 Å². The fourth-order valence-electron chi connectivity index (χ4n) is 2.00. The lowest BCUT2D eigenvalue weighted by Crippen LogP contribution is -2.26. The van der Waals surface area contributed by atoms with Gasteiger partial charge in [0.25, 0.3) is 0 Å². The summed E-state index contributed by atoms with van der Waals surface area (Å²) in [7, 11) is -3.51. The fraction of sp³-hybridized carbons (Fsp3) is 0.727. The lowest BCUT2D eigenvalue weighted by molar-refractivity contribution is 0.184. The van der Waals surface area contributed by atoms with Gasteiger partial charge in [0.15, 0.2) is 0 Å². The Bertz CT molecular complexity index is 494. The molecule has 19 heavy (non-hydrogen) atoms. The van der Waals surface area contributed by atoms with Crippen molar-refractivity contribution in [2.24, 2.45) is 5.92 Å². The van der Waals surface area contributed by atoms with Gasteiger partial charge in [0.2, 0.25) is 10.0 Å². The van der Waals surface area contributed by atoms with Crippen LogP contribution < -0.4 is 4.72 Å². The molecule has 8 heteroatoms. The van der Waals surface area contributed by atoms with Crippen LogP contribution in [0.2, 0.25) is 0 Å². The Morgan fingerprint density at radius 1 is 1.58 bits per heavy atom. The maximum Gasteiger partial charge on any atom is 0.243 e. The van der Waals surface area contributed by atoms with Gasteiger partial charge in [-0.05, 0) is 18.8 Å². The van der Waals surface area contributed by atoms with Gasteiger partial charge in [0.05, 0.1) is 19.3 Å². The number of hydrogen-bond donors (Lipinski definition) is 2. The first-order chi connectivity index (χ1) is 9.12. The molecule has 0 aliphatic carbocycles. The van der Waals surface area contributed by atoms with Crippen LogP contribution in [0, 0.1) is 5.92 Å². The zero-order chi connectivity index (χ0) is 13.7. The van der Waals surface area contributed by atoms with Gasteiger partial charge in [-0.1, -0.05) is 0 Å². The van der Waals surface area contributed by atoms with Gasteiger partial charge in [-0.15, -0.1) is 0 Å². The quantitative estimate of drug-likeness (QED) is 0.711. The molecule has 7 nitrogen and oxygen atoms in total. The van der Waals surface area contributed by atoms with E-state index in [1.54, 1.807) is 0 Å². The molecule has 0 spiro atoms. The molecule has 1 aromatic heterocycles. The highest BCUT2D eigenvalue weighted by molar-refractivity contribution is 7.89. The third-order valence-corrected chi connectivity index (χ3v) is 4.53. The Kier molecular flexibility index (Phi) is 4.92. The second-order valence-electron chi connectivity index (χ2n) is 4.58. The number of hydrogen-bond acceptors (Lipinski definition) is 5. The van der Waals surface area contributed by atoms with Crippen molar-refractivity contribution >= 4 is 10.0 Å². The normalized spacial score (nSPS) is 19.9. The highest BCUT2D eigenvalue weighted by Gasteiger charge is 2.19.